The number of hydrogen-bond donors (Lipinski definition) is 0. The molecule has 1 nitrogen and oxygen atoms in total. The molecule has 88 valence electrons. The van der Waals surface area contributed by atoms with E-state index in [1.54, 1.807) is 0 Å². The number of alkyl halides is 2. The van der Waals surface area contributed by atoms with Crippen LogP contribution in [-0.4, -0.2) is 16.5 Å². The molecule has 3 heteroatoms. The highest BCUT2D eigenvalue weighted by Crippen LogP contribution is 2.33. The maximum Gasteiger partial charge on any atom is 0.138 e. The van der Waals surface area contributed by atoms with Crippen molar-refractivity contribution in [3.8, 4) is 0 Å². The third-order valence-corrected chi connectivity index (χ3v) is 4.34. The molecule has 1 rings (SSSR count). The number of halogens is 2. The molecule has 15 heavy (non-hydrogen) atoms. The Hall–Kier alpha value is 0.250. The molecule has 0 heterocycles. The van der Waals surface area contributed by atoms with E-state index >= 15 is 0 Å². The fourth-order valence-corrected chi connectivity index (χ4v) is 2.56. The summed E-state index contributed by atoms with van der Waals surface area (Å²) in [7, 11) is 0. The van der Waals surface area contributed by atoms with Crippen molar-refractivity contribution in [1.29, 1.82) is 0 Å². The van der Waals surface area contributed by atoms with E-state index in [0.29, 0.717) is 24.0 Å². The molecule has 0 aliphatic heterocycles. The fraction of sp³-hybridized carbons (Fsp3) is 0.917. The van der Waals surface area contributed by atoms with Crippen molar-refractivity contribution < 1.29 is 4.79 Å². The Balaban J connectivity index is 2.52. The van der Waals surface area contributed by atoms with Gasteiger partial charge in [0, 0.05) is 18.2 Å². The minimum atomic E-state index is -0.560. The second kappa shape index (κ2) is 5.54. The van der Waals surface area contributed by atoms with Crippen LogP contribution in [0.3, 0.4) is 0 Å². The van der Waals surface area contributed by atoms with Crippen LogP contribution in [-0.2, 0) is 4.79 Å². The minimum Gasteiger partial charge on any atom is -0.299 e. The van der Waals surface area contributed by atoms with Gasteiger partial charge in [0.05, 0.1) is 4.87 Å². The highest BCUT2D eigenvalue weighted by Gasteiger charge is 2.32. The molecule has 3 atom stereocenters. The van der Waals surface area contributed by atoms with Crippen molar-refractivity contribution in [3.63, 3.8) is 0 Å². The Bertz CT molecular complexity index is 226. The average Bonchev–Trinajstić information content (AvgIpc) is 2.17. The number of rotatable bonds is 4. The highest BCUT2D eigenvalue weighted by atomic mass is 35.5. The summed E-state index contributed by atoms with van der Waals surface area (Å²) < 4.78 is 0. The predicted molar refractivity (Wildman–Crippen MR) is 65.7 cm³/mol. The normalized spacial score (nSPS) is 30.9. The Morgan fingerprint density at radius 3 is 2.53 bits per heavy atom. The molecule has 0 aromatic heterocycles. The molecule has 0 spiro atoms. The summed E-state index contributed by atoms with van der Waals surface area (Å²) in [6.45, 7) is 4.01. The standard InChI is InChI=1S/C12H20Cl2O/c1-9-5-3-4-6-10(9)11(15)7-12(2,14)8-13/h9-10H,3-8H2,1-2H3. The number of carbonyl (C=O) groups excluding carboxylic acids is 1. The molecule has 0 amide bonds. The van der Waals surface area contributed by atoms with E-state index in [-0.39, 0.29) is 5.92 Å². The molecule has 1 aliphatic carbocycles. The summed E-state index contributed by atoms with van der Waals surface area (Å²) in [5, 5.41) is 0. The summed E-state index contributed by atoms with van der Waals surface area (Å²) >= 11 is 11.9. The predicted octanol–water partition coefficient (Wildman–Crippen LogP) is 4.01. The number of ketones is 1. The summed E-state index contributed by atoms with van der Waals surface area (Å²) in [5.41, 5.74) is 0. The third kappa shape index (κ3) is 3.96. The molecule has 0 N–H and O–H groups in total. The van der Waals surface area contributed by atoms with Gasteiger partial charge in [-0.25, -0.2) is 0 Å². The maximum atomic E-state index is 12.0. The van der Waals surface area contributed by atoms with Crippen molar-refractivity contribution in [2.45, 2.75) is 50.8 Å². The first-order chi connectivity index (χ1) is 6.96. The van der Waals surface area contributed by atoms with E-state index in [0.717, 1.165) is 6.42 Å². The molecule has 1 fully saturated rings. The second-order valence-corrected chi connectivity index (χ2v) is 6.24. The molecule has 0 radical (unpaired) electrons. The number of carbonyl (C=O) groups is 1. The lowest BCUT2D eigenvalue weighted by Crippen LogP contribution is -2.31. The number of Topliss-reactive ketones (excluding diaryl/α,β-unsaturated/α-hetero) is 1. The maximum absolute atomic E-state index is 12.0. The lowest BCUT2D eigenvalue weighted by molar-refractivity contribution is -0.125. The van der Waals surface area contributed by atoms with Gasteiger partial charge >= 0.3 is 0 Å². The third-order valence-electron chi connectivity index (χ3n) is 3.35. The molecule has 1 aliphatic rings. The van der Waals surface area contributed by atoms with Gasteiger partial charge in [0.2, 0.25) is 0 Å². The minimum absolute atomic E-state index is 0.222. The monoisotopic (exact) mass is 250 g/mol. The van der Waals surface area contributed by atoms with Crippen LogP contribution in [0.4, 0.5) is 0 Å². The van der Waals surface area contributed by atoms with Crippen LogP contribution in [0.5, 0.6) is 0 Å². The largest absolute Gasteiger partial charge is 0.299 e. The van der Waals surface area contributed by atoms with Gasteiger partial charge in [0.15, 0.2) is 0 Å². The quantitative estimate of drug-likeness (QED) is 0.690. The summed E-state index contributed by atoms with van der Waals surface area (Å²) in [5.74, 6) is 1.39. The summed E-state index contributed by atoms with van der Waals surface area (Å²) in [4.78, 5) is 11.5. The Morgan fingerprint density at radius 2 is 2.00 bits per heavy atom. The first kappa shape index (κ1) is 13.3. The first-order valence-electron chi connectivity index (χ1n) is 5.74. The van der Waals surface area contributed by atoms with Gasteiger partial charge in [-0.15, -0.1) is 23.2 Å². The van der Waals surface area contributed by atoms with Gasteiger partial charge in [-0.2, -0.15) is 0 Å². The van der Waals surface area contributed by atoms with E-state index < -0.39 is 4.87 Å². The molecule has 0 aromatic rings. The lowest BCUT2D eigenvalue weighted by Gasteiger charge is -2.29. The van der Waals surface area contributed by atoms with Crippen molar-refractivity contribution in [2.24, 2.45) is 11.8 Å². The van der Waals surface area contributed by atoms with E-state index in [1.807, 2.05) is 6.92 Å². The van der Waals surface area contributed by atoms with Gasteiger partial charge in [-0.1, -0.05) is 26.2 Å². The highest BCUT2D eigenvalue weighted by molar-refractivity contribution is 6.31. The molecule has 1 saturated carbocycles. The van der Waals surface area contributed by atoms with Crippen LogP contribution >= 0.6 is 23.2 Å². The zero-order valence-electron chi connectivity index (χ0n) is 9.56. The smallest absolute Gasteiger partial charge is 0.138 e. The van der Waals surface area contributed by atoms with E-state index in [1.165, 1.54) is 19.3 Å². The van der Waals surface area contributed by atoms with E-state index in [9.17, 15) is 4.79 Å². The van der Waals surface area contributed by atoms with E-state index in [2.05, 4.69) is 6.92 Å². The van der Waals surface area contributed by atoms with Crippen LogP contribution in [0.25, 0.3) is 0 Å². The molecular formula is C12H20Cl2O. The van der Waals surface area contributed by atoms with Gasteiger partial charge < -0.3 is 0 Å². The van der Waals surface area contributed by atoms with Crippen LogP contribution in [0, 0.1) is 11.8 Å². The van der Waals surface area contributed by atoms with Gasteiger partial charge in [0.1, 0.15) is 5.78 Å². The van der Waals surface area contributed by atoms with Crippen LogP contribution in [0.2, 0.25) is 0 Å². The Kier molecular flexibility index (Phi) is 4.92. The Morgan fingerprint density at radius 1 is 1.40 bits per heavy atom. The van der Waals surface area contributed by atoms with Crippen molar-refractivity contribution in [3.05, 3.63) is 0 Å². The van der Waals surface area contributed by atoms with Gasteiger partial charge in [-0.05, 0) is 19.3 Å². The second-order valence-electron chi connectivity index (χ2n) is 5.06. The molecular weight excluding hydrogens is 231 g/mol. The SMILES string of the molecule is CC1CCCCC1C(=O)CC(C)(Cl)CCl. The fourth-order valence-electron chi connectivity index (χ4n) is 2.34. The molecule has 0 aromatic carbocycles. The first-order valence-corrected chi connectivity index (χ1v) is 6.65. The molecule has 0 saturated heterocycles. The molecule has 3 unspecified atom stereocenters. The topological polar surface area (TPSA) is 17.1 Å². The van der Waals surface area contributed by atoms with Crippen molar-refractivity contribution in [2.75, 3.05) is 5.88 Å². The summed E-state index contributed by atoms with van der Waals surface area (Å²) in [6, 6.07) is 0. The van der Waals surface area contributed by atoms with E-state index in [4.69, 9.17) is 23.2 Å². The zero-order valence-corrected chi connectivity index (χ0v) is 11.1. The van der Waals surface area contributed by atoms with Crippen LogP contribution in [0.1, 0.15) is 46.0 Å². The lowest BCUT2D eigenvalue weighted by atomic mass is 9.76. The average molecular weight is 251 g/mol. The van der Waals surface area contributed by atoms with Gasteiger partial charge in [-0.3, -0.25) is 4.79 Å². The van der Waals surface area contributed by atoms with Crippen molar-refractivity contribution >= 4 is 29.0 Å². The zero-order chi connectivity index (χ0) is 11.5. The van der Waals surface area contributed by atoms with Crippen LogP contribution < -0.4 is 0 Å². The molecule has 0 bridgehead atoms. The van der Waals surface area contributed by atoms with Gasteiger partial charge in [0.25, 0.3) is 0 Å². The number of hydrogen-bond acceptors (Lipinski definition) is 1. The van der Waals surface area contributed by atoms with Crippen molar-refractivity contribution in [1.82, 2.24) is 0 Å². The Labute approximate surface area is 103 Å². The summed E-state index contributed by atoms with van der Waals surface area (Å²) in [6.07, 6.45) is 5.07. The van der Waals surface area contributed by atoms with Crippen LogP contribution in [0.15, 0.2) is 0 Å².